The van der Waals surface area contributed by atoms with Crippen molar-refractivity contribution in [2.75, 3.05) is 5.75 Å². The molecule has 2 nitrogen and oxygen atoms in total. The number of hydrogen-bond donors (Lipinski definition) is 1. The van der Waals surface area contributed by atoms with Crippen LogP contribution in [-0.2, 0) is 4.79 Å². The fourth-order valence-electron chi connectivity index (χ4n) is 0.712. The molecule has 0 unspecified atom stereocenters. The molecule has 0 heterocycles. The molecule has 0 aromatic heterocycles. The third-order valence-electron chi connectivity index (χ3n) is 1.25. The first kappa shape index (κ1) is 10.7. The summed E-state index contributed by atoms with van der Waals surface area (Å²) in [7, 11) is 0. The molecule has 0 spiro atoms. The van der Waals surface area contributed by atoms with Gasteiger partial charge in [-0.15, -0.1) is 11.8 Å². The summed E-state index contributed by atoms with van der Waals surface area (Å²) in [5.41, 5.74) is 0. The minimum absolute atomic E-state index is 0.0258. The number of thioether (sulfide) groups is 1. The van der Waals surface area contributed by atoms with Crippen molar-refractivity contribution in [3.8, 4) is 0 Å². The third-order valence-corrected chi connectivity index (χ3v) is 2.97. The molecule has 0 saturated heterocycles. The highest BCUT2D eigenvalue weighted by Crippen LogP contribution is 2.27. The molecule has 1 aromatic rings. The molecule has 0 amide bonds. The minimum atomic E-state index is -0.851. The van der Waals surface area contributed by atoms with Gasteiger partial charge in [-0.25, -0.2) is 0 Å². The Morgan fingerprint density at radius 1 is 1.38 bits per heavy atom. The van der Waals surface area contributed by atoms with Crippen molar-refractivity contribution >= 4 is 40.9 Å². The molecule has 0 saturated carbocycles. The highest BCUT2D eigenvalue weighted by Gasteiger charge is 2.02. The lowest BCUT2D eigenvalue weighted by Gasteiger charge is -2.00. The van der Waals surface area contributed by atoms with Crippen LogP contribution in [0.15, 0.2) is 23.1 Å². The highest BCUT2D eigenvalue weighted by atomic mass is 35.5. The zero-order valence-electron chi connectivity index (χ0n) is 6.46. The van der Waals surface area contributed by atoms with Crippen LogP contribution >= 0.6 is 35.0 Å². The van der Waals surface area contributed by atoms with Crippen molar-refractivity contribution in [1.82, 2.24) is 0 Å². The normalized spacial score (nSPS) is 10.0. The first-order valence-corrected chi connectivity index (χ1v) is 5.13. The molecule has 0 aliphatic heterocycles. The van der Waals surface area contributed by atoms with Gasteiger partial charge in [0.05, 0.1) is 15.8 Å². The molecular weight excluding hydrogens is 231 g/mol. The molecule has 0 aliphatic rings. The summed E-state index contributed by atoms with van der Waals surface area (Å²) in [6.45, 7) is 0. The van der Waals surface area contributed by atoms with Gasteiger partial charge < -0.3 is 5.11 Å². The summed E-state index contributed by atoms with van der Waals surface area (Å²) in [5, 5.41) is 9.33. The Kier molecular flexibility index (Phi) is 3.90. The van der Waals surface area contributed by atoms with E-state index >= 15 is 0 Å². The fraction of sp³-hybridized carbons (Fsp3) is 0.125. The quantitative estimate of drug-likeness (QED) is 0.820. The van der Waals surface area contributed by atoms with Crippen LogP contribution in [0.4, 0.5) is 0 Å². The van der Waals surface area contributed by atoms with Crippen molar-refractivity contribution in [3.05, 3.63) is 28.2 Å². The van der Waals surface area contributed by atoms with E-state index in [0.717, 1.165) is 4.90 Å². The second-order valence-corrected chi connectivity index (χ2v) is 4.12. The van der Waals surface area contributed by atoms with E-state index in [4.69, 9.17) is 28.3 Å². The Bertz CT molecular complexity index is 328. The monoisotopic (exact) mass is 236 g/mol. The average Bonchev–Trinajstić information content (AvgIpc) is 2.07. The predicted octanol–water partition coefficient (Wildman–Crippen LogP) is 3.17. The van der Waals surface area contributed by atoms with Gasteiger partial charge in [-0.3, -0.25) is 4.79 Å². The Labute approximate surface area is 89.8 Å². The number of halogens is 2. The van der Waals surface area contributed by atoms with Crippen LogP contribution in [0.5, 0.6) is 0 Å². The van der Waals surface area contributed by atoms with Crippen molar-refractivity contribution in [1.29, 1.82) is 0 Å². The van der Waals surface area contributed by atoms with Gasteiger partial charge in [0.1, 0.15) is 0 Å². The van der Waals surface area contributed by atoms with E-state index in [0.29, 0.717) is 10.0 Å². The number of aliphatic carboxylic acids is 1. The lowest BCUT2D eigenvalue weighted by molar-refractivity contribution is -0.133. The second-order valence-electron chi connectivity index (χ2n) is 2.26. The van der Waals surface area contributed by atoms with Crippen molar-refractivity contribution in [2.45, 2.75) is 4.90 Å². The summed E-state index contributed by atoms with van der Waals surface area (Å²) in [5.74, 6) is -0.825. The van der Waals surface area contributed by atoms with Crippen LogP contribution < -0.4 is 0 Å². The molecule has 0 bridgehead atoms. The summed E-state index contributed by atoms with van der Waals surface area (Å²) in [6, 6.07) is 5.04. The summed E-state index contributed by atoms with van der Waals surface area (Å²) >= 11 is 12.6. The van der Waals surface area contributed by atoms with Crippen LogP contribution in [0.2, 0.25) is 10.0 Å². The molecule has 1 aromatic carbocycles. The van der Waals surface area contributed by atoms with Crippen LogP contribution in [0.25, 0.3) is 0 Å². The van der Waals surface area contributed by atoms with E-state index < -0.39 is 5.97 Å². The zero-order valence-corrected chi connectivity index (χ0v) is 8.79. The van der Waals surface area contributed by atoms with E-state index in [1.165, 1.54) is 11.8 Å². The summed E-state index contributed by atoms with van der Waals surface area (Å²) in [6.07, 6.45) is 0. The van der Waals surface area contributed by atoms with E-state index in [9.17, 15) is 4.79 Å². The second kappa shape index (κ2) is 4.74. The molecule has 0 atom stereocenters. The number of hydrogen-bond acceptors (Lipinski definition) is 2. The predicted molar refractivity (Wildman–Crippen MR) is 54.8 cm³/mol. The molecule has 0 fully saturated rings. The Morgan fingerprint density at radius 2 is 2.08 bits per heavy atom. The van der Waals surface area contributed by atoms with Gasteiger partial charge >= 0.3 is 5.97 Å². The molecule has 1 N–H and O–H groups in total. The minimum Gasteiger partial charge on any atom is -0.481 e. The first-order chi connectivity index (χ1) is 6.09. The molecule has 0 radical (unpaired) electrons. The van der Waals surface area contributed by atoms with E-state index in [2.05, 4.69) is 0 Å². The molecular formula is C8H6Cl2O2S. The highest BCUT2D eigenvalue weighted by molar-refractivity contribution is 8.00. The fourth-order valence-corrected chi connectivity index (χ4v) is 1.73. The van der Waals surface area contributed by atoms with Crippen LogP contribution in [0.3, 0.4) is 0 Å². The summed E-state index contributed by atoms with van der Waals surface area (Å²) in [4.78, 5) is 11.0. The van der Waals surface area contributed by atoms with E-state index in [-0.39, 0.29) is 5.75 Å². The van der Waals surface area contributed by atoms with Crippen LogP contribution in [0, 0.1) is 0 Å². The molecule has 5 heteroatoms. The maximum absolute atomic E-state index is 10.2. The van der Waals surface area contributed by atoms with Crippen molar-refractivity contribution < 1.29 is 9.90 Å². The van der Waals surface area contributed by atoms with Gasteiger partial charge in [0, 0.05) is 4.90 Å². The van der Waals surface area contributed by atoms with Gasteiger partial charge in [0.2, 0.25) is 0 Å². The number of carboxylic acid groups (broad SMARTS) is 1. The number of carbonyl (C=O) groups is 1. The number of rotatable bonds is 3. The smallest absolute Gasteiger partial charge is 0.313 e. The number of benzene rings is 1. The molecule has 0 aliphatic carbocycles. The maximum atomic E-state index is 10.2. The maximum Gasteiger partial charge on any atom is 0.313 e. The molecule has 1 rings (SSSR count). The Hall–Kier alpha value is -0.380. The first-order valence-electron chi connectivity index (χ1n) is 3.39. The van der Waals surface area contributed by atoms with Gasteiger partial charge in [-0.2, -0.15) is 0 Å². The molecule has 70 valence electrons. The third kappa shape index (κ3) is 3.46. The largest absolute Gasteiger partial charge is 0.481 e. The average molecular weight is 237 g/mol. The van der Waals surface area contributed by atoms with Gasteiger partial charge in [-0.05, 0) is 18.2 Å². The Morgan fingerprint density at radius 3 is 2.62 bits per heavy atom. The lowest BCUT2D eigenvalue weighted by Crippen LogP contribution is -1.97. The van der Waals surface area contributed by atoms with Crippen molar-refractivity contribution in [2.24, 2.45) is 0 Å². The van der Waals surface area contributed by atoms with E-state index in [1.807, 2.05) is 0 Å². The topological polar surface area (TPSA) is 37.3 Å². The van der Waals surface area contributed by atoms with Crippen LogP contribution in [-0.4, -0.2) is 16.8 Å². The lowest BCUT2D eigenvalue weighted by atomic mass is 10.4. The van der Waals surface area contributed by atoms with Gasteiger partial charge in [0.25, 0.3) is 0 Å². The van der Waals surface area contributed by atoms with Gasteiger partial charge in [0.15, 0.2) is 0 Å². The Balaban J connectivity index is 2.68. The van der Waals surface area contributed by atoms with Crippen molar-refractivity contribution in [3.63, 3.8) is 0 Å². The number of carboxylic acids is 1. The van der Waals surface area contributed by atoms with Gasteiger partial charge in [-0.1, -0.05) is 23.2 Å². The van der Waals surface area contributed by atoms with Crippen LogP contribution in [0.1, 0.15) is 0 Å². The molecule has 13 heavy (non-hydrogen) atoms. The van der Waals surface area contributed by atoms with E-state index in [1.54, 1.807) is 18.2 Å². The zero-order chi connectivity index (χ0) is 9.84. The standard InChI is InChI=1S/C8H6Cl2O2S/c9-6-2-1-5(3-7(6)10)13-4-8(11)12/h1-3H,4H2,(H,11,12). The SMILES string of the molecule is O=C(O)CSc1ccc(Cl)c(Cl)c1. The summed E-state index contributed by atoms with van der Waals surface area (Å²) < 4.78 is 0.